The van der Waals surface area contributed by atoms with Crippen LogP contribution in [0.15, 0.2) is 90.4 Å². The highest BCUT2D eigenvalue weighted by molar-refractivity contribution is 7.13. The molecule has 27 heavy (non-hydrogen) atoms. The molecule has 0 atom stereocenters. The lowest BCUT2D eigenvalue weighted by Crippen LogP contribution is -2.12. The van der Waals surface area contributed by atoms with Crippen LogP contribution in [0.5, 0.6) is 11.5 Å². The van der Waals surface area contributed by atoms with E-state index in [1.54, 1.807) is 29.7 Å². The van der Waals surface area contributed by atoms with Gasteiger partial charge in [-0.1, -0.05) is 24.3 Å². The third-order valence-electron chi connectivity index (χ3n) is 3.89. The van der Waals surface area contributed by atoms with Crippen LogP contribution >= 0.6 is 11.3 Å². The van der Waals surface area contributed by atoms with E-state index in [0.29, 0.717) is 17.0 Å². The van der Waals surface area contributed by atoms with Gasteiger partial charge in [-0.15, -0.1) is 11.3 Å². The van der Waals surface area contributed by atoms with Gasteiger partial charge in [0.25, 0.3) is 5.91 Å². The molecule has 2 aromatic heterocycles. The number of ether oxygens (including phenoxy) is 1. The largest absolute Gasteiger partial charge is 0.457 e. The number of nitrogens with one attached hydrogen (secondary N) is 1. The molecule has 2 heterocycles. The Hall–Kier alpha value is -3.44. The van der Waals surface area contributed by atoms with Crippen LogP contribution in [0.2, 0.25) is 0 Å². The summed E-state index contributed by atoms with van der Waals surface area (Å²) in [4.78, 5) is 17.9. The normalized spacial score (nSPS) is 10.4. The van der Waals surface area contributed by atoms with Gasteiger partial charge in [0.1, 0.15) is 11.5 Å². The Morgan fingerprint density at radius 1 is 0.889 bits per heavy atom. The van der Waals surface area contributed by atoms with Crippen molar-refractivity contribution in [1.29, 1.82) is 0 Å². The van der Waals surface area contributed by atoms with Gasteiger partial charge in [0.2, 0.25) is 0 Å². The van der Waals surface area contributed by atoms with Crippen LogP contribution in [0.1, 0.15) is 10.4 Å². The quantitative estimate of drug-likeness (QED) is 0.478. The lowest BCUT2D eigenvalue weighted by atomic mass is 10.2. The Morgan fingerprint density at radius 3 is 2.41 bits per heavy atom. The third-order valence-corrected chi connectivity index (χ3v) is 4.78. The van der Waals surface area contributed by atoms with Crippen molar-refractivity contribution >= 4 is 22.9 Å². The molecule has 0 spiro atoms. The smallest absolute Gasteiger partial charge is 0.255 e. The standard InChI is InChI=1S/C22H16N2O2S/c25-22(16-12-13-23-20(15-16)21-7-4-14-27-21)24-17-8-10-19(11-9-17)26-18-5-2-1-3-6-18/h1-15H,(H,24,25). The zero-order valence-corrected chi connectivity index (χ0v) is 15.1. The number of hydrogen-bond acceptors (Lipinski definition) is 4. The number of aromatic nitrogens is 1. The second kappa shape index (κ2) is 7.85. The van der Waals surface area contributed by atoms with E-state index in [4.69, 9.17) is 4.74 Å². The first kappa shape index (κ1) is 17.0. The number of anilines is 1. The number of pyridine rings is 1. The first-order chi connectivity index (χ1) is 13.3. The maximum Gasteiger partial charge on any atom is 0.255 e. The van der Waals surface area contributed by atoms with Crippen molar-refractivity contribution in [3.8, 4) is 22.1 Å². The SMILES string of the molecule is O=C(Nc1ccc(Oc2ccccc2)cc1)c1ccnc(-c2cccs2)c1. The Morgan fingerprint density at radius 2 is 1.67 bits per heavy atom. The maximum absolute atomic E-state index is 12.5. The molecule has 4 aromatic rings. The topological polar surface area (TPSA) is 51.2 Å². The first-order valence-corrected chi connectivity index (χ1v) is 9.30. The number of amides is 1. The van der Waals surface area contributed by atoms with E-state index in [0.717, 1.165) is 16.3 Å². The zero-order valence-electron chi connectivity index (χ0n) is 14.3. The van der Waals surface area contributed by atoms with Crippen LogP contribution in [0, 0.1) is 0 Å². The molecule has 4 rings (SSSR count). The van der Waals surface area contributed by atoms with E-state index in [1.807, 2.05) is 72.1 Å². The lowest BCUT2D eigenvalue weighted by Gasteiger charge is -2.08. The van der Waals surface area contributed by atoms with E-state index in [2.05, 4.69) is 10.3 Å². The monoisotopic (exact) mass is 372 g/mol. The van der Waals surface area contributed by atoms with Gasteiger partial charge in [-0.2, -0.15) is 0 Å². The summed E-state index contributed by atoms with van der Waals surface area (Å²) in [6.45, 7) is 0. The number of thiophene rings is 1. The van der Waals surface area contributed by atoms with E-state index in [1.165, 1.54) is 0 Å². The molecule has 0 aliphatic heterocycles. The number of nitrogens with zero attached hydrogens (tertiary/aromatic N) is 1. The highest BCUT2D eigenvalue weighted by Gasteiger charge is 2.09. The molecule has 0 saturated carbocycles. The average molecular weight is 372 g/mol. The number of benzene rings is 2. The summed E-state index contributed by atoms with van der Waals surface area (Å²) in [5, 5.41) is 4.89. The van der Waals surface area contributed by atoms with Crippen molar-refractivity contribution in [2.75, 3.05) is 5.32 Å². The Labute approximate surface area is 161 Å². The van der Waals surface area contributed by atoms with Gasteiger partial charge in [0.05, 0.1) is 10.6 Å². The molecular weight excluding hydrogens is 356 g/mol. The highest BCUT2D eigenvalue weighted by Crippen LogP contribution is 2.25. The van der Waals surface area contributed by atoms with Gasteiger partial charge in [0, 0.05) is 17.4 Å². The Balaban J connectivity index is 1.44. The molecular formula is C22H16N2O2S. The summed E-state index contributed by atoms with van der Waals surface area (Å²) in [7, 11) is 0. The van der Waals surface area contributed by atoms with Gasteiger partial charge in [-0.05, 0) is 60.0 Å². The molecule has 0 radical (unpaired) electrons. The average Bonchev–Trinajstić information content (AvgIpc) is 3.25. The van der Waals surface area contributed by atoms with Gasteiger partial charge in [-0.3, -0.25) is 9.78 Å². The van der Waals surface area contributed by atoms with Crippen molar-refractivity contribution in [2.45, 2.75) is 0 Å². The van der Waals surface area contributed by atoms with Crippen LogP contribution in [0.25, 0.3) is 10.6 Å². The molecule has 5 heteroatoms. The molecule has 0 unspecified atom stereocenters. The molecule has 1 N–H and O–H groups in total. The molecule has 132 valence electrons. The minimum absolute atomic E-state index is 0.174. The van der Waals surface area contributed by atoms with E-state index < -0.39 is 0 Å². The van der Waals surface area contributed by atoms with Gasteiger partial charge in [-0.25, -0.2) is 0 Å². The molecule has 0 aliphatic carbocycles. The van der Waals surface area contributed by atoms with Crippen LogP contribution in [-0.4, -0.2) is 10.9 Å². The summed E-state index contributed by atoms with van der Waals surface area (Å²) in [6, 6.07) is 24.3. The molecule has 0 fully saturated rings. The number of carbonyl (C=O) groups excluding carboxylic acids is 1. The van der Waals surface area contributed by atoms with Gasteiger partial charge < -0.3 is 10.1 Å². The van der Waals surface area contributed by atoms with E-state index in [-0.39, 0.29) is 5.91 Å². The summed E-state index contributed by atoms with van der Waals surface area (Å²) in [6.07, 6.45) is 1.65. The molecule has 0 aliphatic rings. The number of rotatable bonds is 5. The summed E-state index contributed by atoms with van der Waals surface area (Å²) < 4.78 is 5.76. The predicted molar refractivity (Wildman–Crippen MR) is 108 cm³/mol. The first-order valence-electron chi connectivity index (χ1n) is 8.42. The number of para-hydroxylation sites is 1. The minimum Gasteiger partial charge on any atom is -0.457 e. The molecule has 4 nitrogen and oxygen atoms in total. The number of carbonyl (C=O) groups is 1. The van der Waals surface area contributed by atoms with Crippen LogP contribution < -0.4 is 10.1 Å². The Kier molecular flexibility index (Phi) is 4.94. The second-order valence-electron chi connectivity index (χ2n) is 5.80. The second-order valence-corrected chi connectivity index (χ2v) is 6.75. The van der Waals surface area contributed by atoms with Crippen LogP contribution in [0.3, 0.4) is 0 Å². The zero-order chi connectivity index (χ0) is 18.5. The van der Waals surface area contributed by atoms with Crippen LogP contribution in [0.4, 0.5) is 5.69 Å². The fourth-order valence-corrected chi connectivity index (χ4v) is 3.26. The highest BCUT2D eigenvalue weighted by atomic mass is 32.1. The minimum atomic E-state index is -0.174. The van der Waals surface area contributed by atoms with E-state index in [9.17, 15) is 4.79 Å². The maximum atomic E-state index is 12.5. The predicted octanol–water partition coefficient (Wildman–Crippen LogP) is 5.85. The van der Waals surface area contributed by atoms with Gasteiger partial charge >= 0.3 is 0 Å². The van der Waals surface area contributed by atoms with Crippen molar-refractivity contribution in [3.05, 3.63) is 96.0 Å². The molecule has 2 aromatic carbocycles. The molecule has 1 amide bonds. The van der Waals surface area contributed by atoms with Crippen molar-refractivity contribution in [3.63, 3.8) is 0 Å². The van der Waals surface area contributed by atoms with Crippen molar-refractivity contribution in [2.24, 2.45) is 0 Å². The molecule has 0 saturated heterocycles. The summed E-state index contributed by atoms with van der Waals surface area (Å²) in [5.41, 5.74) is 2.07. The lowest BCUT2D eigenvalue weighted by molar-refractivity contribution is 0.102. The number of hydrogen-bond donors (Lipinski definition) is 1. The van der Waals surface area contributed by atoms with E-state index >= 15 is 0 Å². The van der Waals surface area contributed by atoms with Gasteiger partial charge in [0.15, 0.2) is 0 Å². The third kappa shape index (κ3) is 4.22. The fourth-order valence-electron chi connectivity index (χ4n) is 2.57. The summed E-state index contributed by atoms with van der Waals surface area (Å²) >= 11 is 1.59. The summed E-state index contributed by atoms with van der Waals surface area (Å²) in [5.74, 6) is 1.31. The Bertz CT molecular complexity index is 1030. The fraction of sp³-hybridized carbons (Fsp3) is 0. The van der Waals surface area contributed by atoms with Crippen LogP contribution in [-0.2, 0) is 0 Å². The van der Waals surface area contributed by atoms with Crippen molar-refractivity contribution < 1.29 is 9.53 Å². The molecule has 0 bridgehead atoms. The van der Waals surface area contributed by atoms with Crippen molar-refractivity contribution in [1.82, 2.24) is 4.98 Å².